The van der Waals surface area contributed by atoms with E-state index in [0.29, 0.717) is 12.3 Å². The first-order chi connectivity index (χ1) is 22.8. The summed E-state index contributed by atoms with van der Waals surface area (Å²) < 4.78 is 72.5. The van der Waals surface area contributed by atoms with Crippen molar-refractivity contribution in [1.29, 1.82) is 16.1 Å². The molecule has 1 fully saturated rings. The number of aromatic nitrogens is 1. The second-order valence-corrected chi connectivity index (χ2v) is 12.2. The molecule has 0 saturated carbocycles. The van der Waals surface area contributed by atoms with Crippen molar-refractivity contribution in [1.82, 2.24) is 14.8 Å². The lowest BCUT2D eigenvalue weighted by Crippen LogP contribution is -2.34. The molecular formula is C34H35F5N8O. The van der Waals surface area contributed by atoms with Crippen molar-refractivity contribution in [3.05, 3.63) is 75.8 Å². The van der Waals surface area contributed by atoms with Crippen molar-refractivity contribution >= 4 is 29.7 Å². The zero-order valence-electron chi connectivity index (χ0n) is 26.5. The van der Waals surface area contributed by atoms with Crippen LogP contribution in [0.3, 0.4) is 0 Å². The van der Waals surface area contributed by atoms with Gasteiger partial charge in [-0.25, -0.2) is 13.8 Å². The van der Waals surface area contributed by atoms with Crippen LogP contribution in [-0.2, 0) is 19.3 Å². The monoisotopic (exact) mass is 666 g/mol. The van der Waals surface area contributed by atoms with Crippen LogP contribution in [-0.4, -0.2) is 59.5 Å². The standard InChI is InChI=1S/C34H35F5N8O/c1-20-6-5-11-46(16-20)17-22-12-26-27(31(36)30(22)35)18-47(33(26)48)29-14-21(13-28(44-29)43-10-4-3-9-40)25-15-23(34(37,38)39)7-8-24(25)32(42)45(2)19-41/h7-8,12-15,19-20,41-42H,3-6,10-11,16-18H2,1-2H3,(H,43,44). The van der Waals surface area contributed by atoms with Gasteiger partial charge in [-0.1, -0.05) is 13.0 Å². The predicted octanol–water partition coefficient (Wildman–Crippen LogP) is 7.02. The van der Waals surface area contributed by atoms with Crippen LogP contribution in [0.2, 0.25) is 0 Å². The van der Waals surface area contributed by atoms with E-state index < -0.39 is 29.3 Å². The molecule has 0 spiro atoms. The highest BCUT2D eigenvalue weighted by Gasteiger charge is 2.36. The summed E-state index contributed by atoms with van der Waals surface area (Å²) in [5.74, 6) is -2.51. The van der Waals surface area contributed by atoms with Crippen LogP contribution in [0.25, 0.3) is 11.1 Å². The number of nitrogens with zero attached hydrogens (tertiary/aromatic N) is 5. The van der Waals surface area contributed by atoms with Crippen LogP contribution in [0.1, 0.15) is 65.2 Å². The molecule has 252 valence electrons. The number of alkyl halides is 3. The van der Waals surface area contributed by atoms with Crippen molar-refractivity contribution in [3.63, 3.8) is 0 Å². The maximum atomic E-state index is 15.5. The number of pyridine rings is 1. The number of rotatable bonds is 10. The first-order valence-corrected chi connectivity index (χ1v) is 15.5. The van der Waals surface area contributed by atoms with E-state index in [-0.39, 0.29) is 76.9 Å². The lowest BCUT2D eigenvalue weighted by atomic mass is 9.96. The number of hydrogen-bond donors (Lipinski definition) is 3. The summed E-state index contributed by atoms with van der Waals surface area (Å²) in [6.07, 6.45) is -1.23. The normalized spacial score (nSPS) is 16.4. The van der Waals surface area contributed by atoms with E-state index in [4.69, 9.17) is 16.1 Å². The predicted molar refractivity (Wildman–Crippen MR) is 172 cm³/mol. The number of fused-ring (bicyclic) bond motifs is 1. The highest BCUT2D eigenvalue weighted by atomic mass is 19.4. The number of carbonyl (C=O) groups is 1. The Hall–Kier alpha value is -4.90. The van der Waals surface area contributed by atoms with Crippen LogP contribution in [0, 0.1) is 39.7 Å². The molecule has 9 nitrogen and oxygen atoms in total. The number of amidine groups is 1. The molecule has 48 heavy (non-hydrogen) atoms. The summed E-state index contributed by atoms with van der Waals surface area (Å²) >= 11 is 0. The fraction of sp³-hybridized carbons (Fsp3) is 0.382. The van der Waals surface area contributed by atoms with Gasteiger partial charge in [0, 0.05) is 55.4 Å². The van der Waals surface area contributed by atoms with E-state index in [1.165, 1.54) is 25.2 Å². The number of carbonyl (C=O) groups excluding carboxylic acids is 1. The van der Waals surface area contributed by atoms with Gasteiger partial charge in [0.25, 0.3) is 5.91 Å². The van der Waals surface area contributed by atoms with E-state index in [1.807, 2.05) is 11.0 Å². The van der Waals surface area contributed by atoms with Crippen molar-refractivity contribution in [2.75, 3.05) is 36.9 Å². The number of anilines is 2. The number of halogens is 5. The Morgan fingerprint density at radius 1 is 1.19 bits per heavy atom. The molecule has 0 radical (unpaired) electrons. The second-order valence-electron chi connectivity index (χ2n) is 12.2. The molecule has 0 aliphatic carbocycles. The van der Waals surface area contributed by atoms with Crippen LogP contribution in [0.5, 0.6) is 0 Å². The second kappa shape index (κ2) is 14.1. The summed E-state index contributed by atoms with van der Waals surface area (Å²) in [5.41, 5.74) is -0.862. The Balaban J connectivity index is 1.58. The van der Waals surface area contributed by atoms with Gasteiger partial charge in [-0.15, -0.1) is 0 Å². The quantitative estimate of drug-likeness (QED) is 0.0926. The Morgan fingerprint density at radius 3 is 2.65 bits per heavy atom. The van der Waals surface area contributed by atoms with E-state index in [0.717, 1.165) is 60.3 Å². The Morgan fingerprint density at radius 2 is 1.96 bits per heavy atom. The molecule has 14 heteroatoms. The Labute approximate surface area is 275 Å². The van der Waals surface area contributed by atoms with Gasteiger partial charge in [0.15, 0.2) is 11.6 Å². The third-order valence-electron chi connectivity index (χ3n) is 8.63. The first kappa shape index (κ1) is 34.4. The Kier molecular flexibility index (Phi) is 10.1. The molecule has 2 aliphatic heterocycles. The first-order valence-electron chi connectivity index (χ1n) is 15.5. The van der Waals surface area contributed by atoms with E-state index in [9.17, 15) is 18.0 Å². The van der Waals surface area contributed by atoms with Gasteiger partial charge >= 0.3 is 6.18 Å². The molecule has 2 aromatic carbocycles. The maximum absolute atomic E-state index is 15.5. The molecule has 3 aromatic rings. The van der Waals surface area contributed by atoms with E-state index in [2.05, 4.69) is 17.2 Å². The fourth-order valence-corrected chi connectivity index (χ4v) is 6.11. The zero-order valence-corrected chi connectivity index (χ0v) is 26.5. The number of hydrogen-bond acceptors (Lipinski definition) is 7. The summed E-state index contributed by atoms with van der Waals surface area (Å²) in [4.78, 5) is 22.6. The van der Waals surface area contributed by atoms with Gasteiger partial charge in [-0.05, 0) is 73.2 Å². The van der Waals surface area contributed by atoms with Crippen molar-refractivity contribution < 1.29 is 26.7 Å². The summed E-state index contributed by atoms with van der Waals surface area (Å²) in [6.45, 7) is 3.62. The van der Waals surface area contributed by atoms with Crippen LogP contribution in [0.4, 0.5) is 33.6 Å². The van der Waals surface area contributed by atoms with Crippen LogP contribution >= 0.6 is 0 Å². The van der Waals surface area contributed by atoms with Crippen molar-refractivity contribution in [3.8, 4) is 17.2 Å². The van der Waals surface area contributed by atoms with E-state index in [1.54, 1.807) is 0 Å². The minimum Gasteiger partial charge on any atom is -0.370 e. The number of nitrogens with one attached hydrogen (secondary N) is 3. The smallest absolute Gasteiger partial charge is 0.370 e. The minimum atomic E-state index is -4.71. The molecule has 1 saturated heterocycles. The number of benzene rings is 2. The van der Waals surface area contributed by atoms with Gasteiger partial charge in [0.05, 0.1) is 24.5 Å². The highest BCUT2D eigenvalue weighted by molar-refractivity contribution is 6.10. The lowest BCUT2D eigenvalue weighted by Gasteiger charge is -2.31. The van der Waals surface area contributed by atoms with Crippen LogP contribution < -0.4 is 10.2 Å². The third-order valence-corrected chi connectivity index (χ3v) is 8.63. The Bertz CT molecular complexity index is 1790. The molecule has 0 bridgehead atoms. The van der Waals surface area contributed by atoms with Gasteiger partial charge in [0.1, 0.15) is 17.5 Å². The zero-order chi connectivity index (χ0) is 34.7. The number of amides is 1. The molecule has 1 atom stereocenters. The lowest BCUT2D eigenvalue weighted by molar-refractivity contribution is -0.137. The SMILES string of the molecule is CC1CCCN(Cc2cc3c(c(F)c2F)CN(c2cc(-c4cc(C(F)(F)F)ccc4C(=N)N(C)C=N)cc(NCCCC#N)n2)C3=O)C1. The number of unbranched alkanes of at least 4 members (excludes halogenated alkanes) is 1. The van der Waals surface area contributed by atoms with Gasteiger partial charge in [-0.3, -0.25) is 25.4 Å². The number of nitriles is 1. The maximum Gasteiger partial charge on any atom is 0.416 e. The van der Waals surface area contributed by atoms with Gasteiger partial charge in [0.2, 0.25) is 0 Å². The van der Waals surface area contributed by atoms with Gasteiger partial charge < -0.3 is 10.2 Å². The number of piperidine rings is 1. The summed E-state index contributed by atoms with van der Waals surface area (Å²) in [6, 6.07) is 9.08. The average Bonchev–Trinajstić information content (AvgIpc) is 3.39. The van der Waals surface area contributed by atoms with Crippen molar-refractivity contribution in [2.24, 2.45) is 5.92 Å². The molecular weight excluding hydrogens is 631 g/mol. The summed E-state index contributed by atoms with van der Waals surface area (Å²) in [5, 5.41) is 28.1. The molecule has 1 amide bonds. The van der Waals surface area contributed by atoms with Crippen LogP contribution in [0.15, 0.2) is 36.4 Å². The number of likely N-dealkylation sites (tertiary alicyclic amines) is 1. The molecule has 5 rings (SSSR count). The van der Waals surface area contributed by atoms with Gasteiger partial charge in [-0.2, -0.15) is 18.4 Å². The average molecular weight is 667 g/mol. The fourth-order valence-electron chi connectivity index (χ4n) is 6.11. The highest BCUT2D eigenvalue weighted by Crippen LogP contribution is 2.38. The molecule has 2 aliphatic rings. The molecule has 3 heterocycles. The third kappa shape index (κ3) is 7.16. The molecule has 3 N–H and O–H groups in total. The summed E-state index contributed by atoms with van der Waals surface area (Å²) in [7, 11) is 1.41. The topological polar surface area (TPSA) is 123 Å². The van der Waals surface area contributed by atoms with E-state index >= 15 is 8.78 Å². The minimum absolute atomic E-state index is 0.0150. The molecule has 1 unspecified atom stereocenters. The molecule has 1 aromatic heterocycles. The largest absolute Gasteiger partial charge is 0.416 e. The van der Waals surface area contributed by atoms with Crippen molar-refractivity contribution in [2.45, 2.75) is 51.9 Å².